The maximum absolute atomic E-state index is 11.0. The standard InChI is InChI=1S/C19H22N6O2/c1-12(2)25-17-5-13(3-4-14(17)6-20-25)18-21-19(27-22-18)24-9-15-7-23(11-26)8-16(15)10-24/h3-6,11-12,15-16H,7-10H2,1-2H3. The van der Waals surface area contributed by atoms with Gasteiger partial charge in [-0.15, -0.1) is 0 Å². The molecule has 0 bridgehead atoms. The molecule has 2 unspecified atom stereocenters. The number of carbonyl (C=O) groups excluding carboxylic acids is 1. The molecule has 3 aromatic rings. The first-order valence-corrected chi connectivity index (χ1v) is 9.38. The first kappa shape index (κ1) is 16.3. The van der Waals surface area contributed by atoms with Crippen molar-refractivity contribution in [3.63, 3.8) is 0 Å². The molecule has 0 aliphatic carbocycles. The van der Waals surface area contributed by atoms with Crippen LogP contribution < -0.4 is 4.90 Å². The van der Waals surface area contributed by atoms with Crippen LogP contribution in [0.3, 0.4) is 0 Å². The highest BCUT2D eigenvalue weighted by Crippen LogP contribution is 2.33. The maximum atomic E-state index is 11.0. The van der Waals surface area contributed by atoms with Gasteiger partial charge in [-0.05, 0) is 19.9 Å². The summed E-state index contributed by atoms with van der Waals surface area (Å²) in [5.41, 5.74) is 1.99. The SMILES string of the molecule is CC(C)n1ncc2ccc(-c3noc(N4CC5CN(C=O)CC5C4)n3)cc21. The summed E-state index contributed by atoms with van der Waals surface area (Å²) in [4.78, 5) is 19.6. The van der Waals surface area contributed by atoms with E-state index in [2.05, 4.69) is 40.1 Å². The van der Waals surface area contributed by atoms with E-state index >= 15 is 0 Å². The molecule has 1 aromatic carbocycles. The van der Waals surface area contributed by atoms with Gasteiger partial charge in [0.15, 0.2) is 0 Å². The summed E-state index contributed by atoms with van der Waals surface area (Å²) in [5.74, 6) is 1.57. The van der Waals surface area contributed by atoms with E-state index in [1.807, 2.05) is 27.9 Å². The highest BCUT2D eigenvalue weighted by Gasteiger charge is 2.41. The Labute approximate surface area is 156 Å². The predicted molar refractivity (Wildman–Crippen MR) is 100 cm³/mol. The van der Waals surface area contributed by atoms with Crippen LogP contribution in [-0.4, -0.2) is 57.4 Å². The van der Waals surface area contributed by atoms with Crippen molar-refractivity contribution in [1.29, 1.82) is 0 Å². The van der Waals surface area contributed by atoms with Crippen LogP contribution in [0.1, 0.15) is 19.9 Å². The number of nitrogens with zero attached hydrogens (tertiary/aromatic N) is 6. The minimum atomic E-state index is 0.286. The molecule has 8 nitrogen and oxygen atoms in total. The van der Waals surface area contributed by atoms with Gasteiger partial charge in [-0.25, -0.2) is 0 Å². The molecule has 2 fully saturated rings. The second kappa shape index (κ2) is 6.07. The van der Waals surface area contributed by atoms with Crippen LogP contribution in [0.25, 0.3) is 22.3 Å². The van der Waals surface area contributed by atoms with Crippen LogP contribution in [0, 0.1) is 11.8 Å². The zero-order valence-electron chi connectivity index (χ0n) is 15.4. The third-order valence-corrected chi connectivity index (χ3v) is 5.70. The first-order chi connectivity index (χ1) is 13.1. The fraction of sp³-hybridized carbons (Fsp3) is 0.474. The van der Waals surface area contributed by atoms with Crippen LogP contribution >= 0.6 is 0 Å². The molecule has 140 valence electrons. The summed E-state index contributed by atoms with van der Waals surface area (Å²) in [6, 6.07) is 6.96. The lowest BCUT2D eigenvalue weighted by molar-refractivity contribution is -0.117. The van der Waals surface area contributed by atoms with Crippen molar-refractivity contribution in [2.45, 2.75) is 19.9 Å². The topological polar surface area (TPSA) is 80.3 Å². The van der Waals surface area contributed by atoms with Gasteiger partial charge in [0, 0.05) is 55.0 Å². The molecule has 2 aliphatic heterocycles. The number of carbonyl (C=O) groups is 1. The molecule has 8 heteroatoms. The second-order valence-corrected chi connectivity index (χ2v) is 7.84. The number of fused-ring (bicyclic) bond motifs is 2. The Bertz CT molecular complexity index is 979. The minimum absolute atomic E-state index is 0.286. The molecule has 1 amide bonds. The molecule has 5 rings (SSSR count). The Morgan fingerprint density at radius 1 is 1.19 bits per heavy atom. The van der Waals surface area contributed by atoms with Crippen molar-refractivity contribution in [3.05, 3.63) is 24.4 Å². The zero-order valence-corrected chi connectivity index (χ0v) is 15.4. The van der Waals surface area contributed by atoms with Crippen molar-refractivity contribution < 1.29 is 9.32 Å². The monoisotopic (exact) mass is 366 g/mol. The number of likely N-dealkylation sites (tertiary alicyclic amines) is 1. The first-order valence-electron chi connectivity index (χ1n) is 9.38. The molecule has 0 saturated carbocycles. The molecule has 0 radical (unpaired) electrons. The van der Waals surface area contributed by atoms with Crippen molar-refractivity contribution in [2.75, 3.05) is 31.1 Å². The van der Waals surface area contributed by atoms with Gasteiger partial charge < -0.3 is 14.3 Å². The van der Waals surface area contributed by atoms with Crippen LogP contribution in [0.5, 0.6) is 0 Å². The van der Waals surface area contributed by atoms with Gasteiger partial charge in [0.2, 0.25) is 12.2 Å². The van der Waals surface area contributed by atoms with E-state index in [1.165, 1.54) is 0 Å². The number of amides is 1. The maximum Gasteiger partial charge on any atom is 0.324 e. The Morgan fingerprint density at radius 2 is 1.96 bits per heavy atom. The smallest absolute Gasteiger partial charge is 0.324 e. The van der Waals surface area contributed by atoms with E-state index in [0.717, 1.165) is 49.1 Å². The Kier molecular flexibility index (Phi) is 3.66. The molecule has 2 atom stereocenters. The minimum Gasteiger partial charge on any atom is -0.345 e. The highest BCUT2D eigenvalue weighted by molar-refractivity contribution is 5.83. The van der Waals surface area contributed by atoms with Crippen molar-refractivity contribution >= 4 is 23.3 Å². The predicted octanol–water partition coefficient (Wildman–Crippen LogP) is 2.19. The lowest BCUT2D eigenvalue weighted by Gasteiger charge is -2.16. The highest BCUT2D eigenvalue weighted by atomic mass is 16.5. The van der Waals surface area contributed by atoms with E-state index in [4.69, 9.17) is 4.52 Å². The van der Waals surface area contributed by atoms with E-state index in [-0.39, 0.29) is 6.04 Å². The van der Waals surface area contributed by atoms with Gasteiger partial charge in [0.25, 0.3) is 0 Å². The van der Waals surface area contributed by atoms with Crippen LogP contribution in [0.4, 0.5) is 6.01 Å². The number of aromatic nitrogens is 4. The quantitative estimate of drug-likeness (QED) is 0.659. The summed E-state index contributed by atoms with van der Waals surface area (Å²) >= 11 is 0. The van der Waals surface area contributed by atoms with Crippen LogP contribution in [-0.2, 0) is 4.79 Å². The molecular weight excluding hydrogens is 344 g/mol. The number of benzene rings is 1. The largest absolute Gasteiger partial charge is 0.345 e. The van der Waals surface area contributed by atoms with Crippen molar-refractivity contribution in [1.82, 2.24) is 24.8 Å². The van der Waals surface area contributed by atoms with Gasteiger partial charge >= 0.3 is 6.01 Å². The molecule has 0 spiro atoms. The van der Waals surface area contributed by atoms with Gasteiger partial charge in [0.1, 0.15) is 0 Å². The number of anilines is 1. The lowest BCUT2D eigenvalue weighted by atomic mass is 10.0. The van der Waals surface area contributed by atoms with Gasteiger partial charge in [-0.2, -0.15) is 10.1 Å². The molecule has 2 aromatic heterocycles. The fourth-order valence-corrected chi connectivity index (χ4v) is 4.32. The van der Waals surface area contributed by atoms with Gasteiger partial charge in [-0.1, -0.05) is 17.3 Å². The summed E-state index contributed by atoms with van der Waals surface area (Å²) in [6.45, 7) is 7.58. The van der Waals surface area contributed by atoms with Crippen LogP contribution in [0.2, 0.25) is 0 Å². The van der Waals surface area contributed by atoms with E-state index in [0.29, 0.717) is 23.7 Å². The zero-order chi connectivity index (χ0) is 18.5. The molecular formula is C19H22N6O2. The average molecular weight is 366 g/mol. The average Bonchev–Trinajstić information content (AvgIpc) is 3.40. The van der Waals surface area contributed by atoms with E-state index in [1.54, 1.807) is 0 Å². The molecule has 2 saturated heterocycles. The Morgan fingerprint density at radius 3 is 2.67 bits per heavy atom. The van der Waals surface area contributed by atoms with E-state index < -0.39 is 0 Å². The molecule has 4 heterocycles. The number of hydrogen-bond donors (Lipinski definition) is 0. The van der Waals surface area contributed by atoms with Crippen LogP contribution in [0.15, 0.2) is 28.9 Å². The number of rotatable bonds is 4. The molecule has 27 heavy (non-hydrogen) atoms. The Balaban J connectivity index is 1.39. The second-order valence-electron chi connectivity index (χ2n) is 7.84. The lowest BCUT2D eigenvalue weighted by Crippen LogP contribution is -2.28. The van der Waals surface area contributed by atoms with Gasteiger partial charge in [-0.3, -0.25) is 9.48 Å². The van der Waals surface area contributed by atoms with Crippen molar-refractivity contribution in [3.8, 4) is 11.4 Å². The third-order valence-electron chi connectivity index (χ3n) is 5.70. The van der Waals surface area contributed by atoms with Gasteiger partial charge in [0.05, 0.1) is 11.7 Å². The van der Waals surface area contributed by atoms with Crippen molar-refractivity contribution in [2.24, 2.45) is 11.8 Å². The molecule has 0 N–H and O–H groups in total. The third kappa shape index (κ3) is 2.67. The summed E-state index contributed by atoms with van der Waals surface area (Å²) in [5, 5.41) is 9.76. The number of hydrogen-bond acceptors (Lipinski definition) is 6. The Hall–Kier alpha value is -2.90. The summed E-state index contributed by atoms with van der Waals surface area (Å²) in [6.07, 6.45) is 2.83. The molecule has 2 aliphatic rings. The normalized spacial score (nSPS) is 22.2. The summed E-state index contributed by atoms with van der Waals surface area (Å²) in [7, 11) is 0. The fourth-order valence-electron chi connectivity index (χ4n) is 4.32. The summed E-state index contributed by atoms with van der Waals surface area (Å²) < 4.78 is 7.55. The van der Waals surface area contributed by atoms with E-state index in [9.17, 15) is 4.79 Å².